The highest BCUT2D eigenvalue weighted by Gasteiger charge is 2.28. The number of amides is 1. The van der Waals surface area contributed by atoms with Crippen LogP contribution in [0, 0.1) is 11.8 Å². The highest BCUT2D eigenvalue weighted by atomic mass is 32.2. The molecule has 1 amide bonds. The summed E-state index contributed by atoms with van der Waals surface area (Å²) in [6, 6.07) is 5.87. The highest BCUT2D eigenvalue weighted by molar-refractivity contribution is 8.00. The number of carbonyl (C=O) groups excluding carboxylic acids is 1. The molecule has 1 aromatic heterocycles. The van der Waals surface area contributed by atoms with Crippen molar-refractivity contribution in [2.24, 2.45) is 11.8 Å². The largest absolute Gasteiger partial charge is 0.481 e. The van der Waals surface area contributed by atoms with E-state index < -0.39 is 5.97 Å². The van der Waals surface area contributed by atoms with Gasteiger partial charge in [-0.2, -0.15) is 0 Å². The number of nitrogens with one attached hydrogen (secondary N) is 1. The summed E-state index contributed by atoms with van der Waals surface area (Å²) < 4.78 is 0. The van der Waals surface area contributed by atoms with Crippen molar-refractivity contribution in [2.45, 2.75) is 63.3 Å². The SMILES string of the molecule is C[C@@H]1[C@H](C)CCC[C@@H]1NC(=O)c1ccc2c(SCC(=O)O)c3c(nc2c1)CCC3. The third-order valence-corrected chi connectivity index (χ3v) is 7.73. The van der Waals surface area contributed by atoms with Gasteiger partial charge in [0.1, 0.15) is 0 Å². The number of hydrogen-bond donors (Lipinski definition) is 2. The monoisotopic (exact) mass is 412 g/mol. The second-order valence-corrected chi connectivity index (χ2v) is 9.47. The van der Waals surface area contributed by atoms with E-state index in [1.54, 1.807) is 0 Å². The first kappa shape index (κ1) is 20.2. The first-order valence-corrected chi connectivity index (χ1v) is 11.5. The number of pyridine rings is 1. The summed E-state index contributed by atoms with van der Waals surface area (Å²) in [6.07, 6.45) is 6.33. The topological polar surface area (TPSA) is 79.3 Å². The Bertz CT molecular complexity index is 959. The van der Waals surface area contributed by atoms with Crippen LogP contribution in [-0.4, -0.2) is 33.8 Å². The Morgan fingerprint density at radius 3 is 2.83 bits per heavy atom. The van der Waals surface area contributed by atoms with Gasteiger partial charge in [-0.1, -0.05) is 32.8 Å². The van der Waals surface area contributed by atoms with Crippen LogP contribution in [0.15, 0.2) is 23.1 Å². The van der Waals surface area contributed by atoms with E-state index in [4.69, 9.17) is 10.1 Å². The molecule has 1 aromatic carbocycles. The maximum atomic E-state index is 12.9. The summed E-state index contributed by atoms with van der Waals surface area (Å²) in [5.41, 5.74) is 3.66. The van der Waals surface area contributed by atoms with Crippen molar-refractivity contribution >= 4 is 34.5 Å². The maximum Gasteiger partial charge on any atom is 0.313 e. The van der Waals surface area contributed by atoms with Gasteiger partial charge in [-0.3, -0.25) is 14.6 Å². The summed E-state index contributed by atoms with van der Waals surface area (Å²) in [7, 11) is 0. The van der Waals surface area contributed by atoms with E-state index in [1.165, 1.54) is 23.7 Å². The number of aliphatic carboxylic acids is 1. The Morgan fingerprint density at radius 1 is 1.21 bits per heavy atom. The molecule has 0 bridgehead atoms. The number of benzene rings is 1. The molecule has 6 heteroatoms. The van der Waals surface area contributed by atoms with Gasteiger partial charge in [0.05, 0.1) is 11.3 Å². The highest BCUT2D eigenvalue weighted by Crippen LogP contribution is 2.37. The van der Waals surface area contributed by atoms with Crippen LogP contribution < -0.4 is 5.32 Å². The smallest absolute Gasteiger partial charge is 0.313 e. The molecule has 5 nitrogen and oxygen atoms in total. The van der Waals surface area contributed by atoms with Gasteiger partial charge in [0, 0.05) is 27.6 Å². The predicted molar refractivity (Wildman–Crippen MR) is 116 cm³/mol. The Morgan fingerprint density at radius 2 is 2.03 bits per heavy atom. The average Bonchev–Trinajstić information content (AvgIpc) is 3.16. The molecular weight excluding hydrogens is 384 g/mol. The van der Waals surface area contributed by atoms with Crippen molar-refractivity contribution in [3.63, 3.8) is 0 Å². The van der Waals surface area contributed by atoms with Crippen LogP contribution in [0.2, 0.25) is 0 Å². The van der Waals surface area contributed by atoms with Gasteiger partial charge in [0.25, 0.3) is 5.91 Å². The number of hydrogen-bond acceptors (Lipinski definition) is 4. The minimum Gasteiger partial charge on any atom is -0.481 e. The zero-order chi connectivity index (χ0) is 20.5. The molecule has 0 unspecified atom stereocenters. The lowest BCUT2D eigenvalue weighted by Gasteiger charge is -2.34. The van der Waals surface area contributed by atoms with Crippen LogP contribution in [0.25, 0.3) is 10.9 Å². The van der Waals surface area contributed by atoms with Gasteiger partial charge in [-0.25, -0.2) is 0 Å². The summed E-state index contributed by atoms with van der Waals surface area (Å²) in [6.45, 7) is 4.49. The fraction of sp³-hybridized carbons (Fsp3) is 0.522. The summed E-state index contributed by atoms with van der Waals surface area (Å²) in [5.74, 6) is 0.279. The molecule has 1 heterocycles. The number of carboxylic acid groups (broad SMARTS) is 1. The Kier molecular flexibility index (Phi) is 5.81. The molecule has 154 valence electrons. The number of thioether (sulfide) groups is 1. The van der Waals surface area contributed by atoms with Crippen molar-refractivity contribution < 1.29 is 14.7 Å². The minimum absolute atomic E-state index is 0.0333. The van der Waals surface area contributed by atoms with Gasteiger partial charge in [0.15, 0.2) is 0 Å². The number of rotatable bonds is 5. The van der Waals surface area contributed by atoms with E-state index in [0.717, 1.165) is 53.6 Å². The fourth-order valence-electron chi connectivity index (χ4n) is 4.70. The molecule has 2 N–H and O–H groups in total. The lowest BCUT2D eigenvalue weighted by Crippen LogP contribution is -2.43. The Balaban J connectivity index is 1.63. The molecule has 3 atom stereocenters. The summed E-state index contributed by atoms with van der Waals surface area (Å²) in [4.78, 5) is 29.9. The predicted octanol–water partition coefficient (Wildman–Crippen LogP) is 4.45. The molecule has 0 spiro atoms. The average molecular weight is 413 g/mol. The molecule has 0 aliphatic heterocycles. The van der Waals surface area contributed by atoms with Crippen LogP contribution in [0.5, 0.6) is 0 Å². The number of carbonyl (C=O) groups is 2. The zero-order valence-electron chi connectivity index (χ0n) is 17.0. The van der Waals surface area contributed by atoms with Gasteiger partial charge in [-0.05, 0) is 55.2 Å². The molecule has 2 aliphatic rings. The van der Waals surface area contributed by atoms with Gasteiger partial charge >= 0.3 is 5.97 Å². The van der Waals surface area contributed by atoms with Crippen LogP contribution >= 0.6 is 11.8 Å². The third kappa shape index (κ3) is 4.13. The quantitative estimate of drug-likeness (QED) is 0.709. The van der Waals surface area contributed by atoms with Crippen LogP contribution in [0.4, 0.5) is 0 Å². The summed E-state index contributed by atoms with van der Waals surface area (Å²) >= 11 is 1.37. The van der Waals surface area contributed by atoms with E-state index in [1.807, 2.05) is 18.2 Å². The number of aromatic nitrogens is 1. The second-order valence-electron chi connectivity index (χ2n) is 8.48. The number of nitrogens with zero attached hydrogens (tertiary/aromatic N) is 1. The van der Waals surface area contributed by atoms with Gasteiger partial charge in [0.2, 0.25) is 0 Å². The number of carboxylic acids is 1. The first-order chi connectivity index (χ1) is 13.9. The van der Waals surface area contributed by atoms with E-state index >= 15 is 0 Å². The van der Waals surface area contributed by atoms with Gasteiger partial charge < -0.3 is 10.4 Å². The Labute approximate surface area is 175 Å². The molecule has 4 rings (SSSR count). The standard InChI is InChI=1S/C23H28N2O3S/c1-13-5-3-7-18(14(13)2)25-23(28)15-9-10-17-20(11-15)24-19-8-4-6-16(19)22(17)29-12-21(26)27/h9-11,13-14,18H,3-8,12H2,1-2H3,(H,25,28)(H,26,27)/t13-,14-,18+/m1/s1. The molecule has 29 heavy (non-hydrogen) atoms. The van der Waals surface area contributed by atoms with Crippen molar-refractivity contribution in [1.29, 1.82) is 0 Å². The Hall–Kier alpha value is -2.08. The van der Waals surface area contributed by atoms with Crippen LogP contribution in [0.1, 0.15) is 61.1 Å². The molecular formula is C23H28N2O3S. The second kappa shape index (κ2) is 8.34. The van der Waals surface area contributed by atoms with E-state index in [9.17, 15) is 9.59 Å². The number of fused-ring (bicyclic) bond motifs is 2. The van der Waals surface area contributed by atoms with E-state index in [-0.39, 0.29) is 17.7 Å². The third-order valence-electron chi connectivity index (χ3n) is 6.59. The number of aryl methyl sites for hydroxylation is 1. The first-order valence-electron chi connectivity index (χ1n) is 10.5. The summed E-state index contributed by atoms with van der Waals surface area (Å²) in [5, 5.41) is 13.3. The van der Waals surface area contributed by atoms with Gasteiger partial charge in [-0.15, -0.1) is 11.8 Å². The molecule has 2 aromatic rings. The van der Waals surface area contributed by atoms with Crippen LogP contribution in [-0.2, 0) is 17.6 Å². The lowest BCUT2D eigenvalue weighted by molar-refractivity contribution is -0.133. The minimum atomic E-state index is -0.821. The van der Waals surface area contributed by atoms with Crippen molar-refractivity contribution in [3.05, 3.63) is 35.0 Å². The van der Waals surface area contributed by atoms with Crippen molar-refractivity contribution in [1.82, 2.24) is 10.3 Å². The molecule has 1 saturated carbocycles. The van der Waals surface area contributed by atoms with E-state index in [0.29, 0.717) is 17.4 Å². The van der Waals surface area contributed by atoms with Crippen LogP contribution in [0.3, 0.4) is 0 Å². The normalized spacial score (nSPS) is 23.7. The maximum absolute atomic E-state index is 12.9. The zero-order valence-corrected chi connectivity index (χ0v) is 17.8. The molecule has 1 fully saturated rings. The molecule has 0 radical (unpaired) electrons. The molecule has 0 saturated heterocycles. The van der Waals surface area contributed by atoms with Crippen molar-refractivity contribution in [3.8, 4) is 0 Å². The fourth-order valence-corrected chi connectivity index (χ4v) is 5.69. The van der Waals surface area contributed by atoms with Crippen molar-refractivity contribution in [2.75, 3.05) is 5.75 Å². The molecule has 2 aliphatic carbocycles. The lowest BCUT2D eigenvalue weighted by atomic mass is 9.78. The van der Waals surface area contributed by atoms with E-state index in [2.05, 4.69) is 19.2 Å².